The highest BCUT2D eigenvalue weighted by Gasteiger charge is 2.18. The molecule has 0 radical (unpaired) electrons. The number of amides is 1. The smallest absolute Gasteiger partial charge is 0.410 e. The lowest BCUT2D eigenvalue weighted by molar-refractivity contribution is 0.0318. The summed E-state index contributed by atoms with van der Waals surface area (Å²) in [7, 11) is 1.69. The van der Waals surface area contributed by atoms with E-state index in [-0.39, 0.29) is 6.09 Å². The summed E-state index contributed by atoms with van der Waals surface area (Å²) < 4.78 is 5.23. The van der Waals surface area contributed by atoms with Crippen molar-refractivity contribution < 1.29 is 9.53 Å². The number of nitrogens with two attached hydrogens (primary N) is 1. The SMILES string of the molecule is CN(C/C=C/c1csc(N)n1)C(=O)OC(C)(C)C. The number of aromatic nitrogens is 1. The van der Waals surface area contributed by atoms with Crippen LogP contribution in [0.15, 0.2) is 11.5 Å². The van der Waals surface area contributed by atoms with Crippen LogP contribution in [0.1, 0.15) is 26.5 Å². The van der Waals surface area contributed by atoms with Gasteiger partial charge in [0.15, 0.2) is 5.13 Å². The molecule has 1 amide bonds. The van der Waals surface area contributed by atoms with E-state index in [0.717, 1.165) is 5.69 Å². The lowest BCUT2D eigenvalue weighted by atomic mass is 10.2. The van der Waals surface area contributed by atoms with E-state index in [4.69, 9.17) is 10.5 Å². The third-order valence-corrected chi connectivity index (χ3v) is 2.60. The monoisotopic (exact) mass is 269 g/mol. The van der Waals surface area contributed by atoms with E-state index in [2.05, 4.69) is 4.98 Å². The molecule has 100 valence electrons. The second-order valence-electron chi connectivity index (χ2n) is 4.87. The van der Waals surface area contributed by atoms with Crippen molar-refractivity contribution in [3.05, 3.63) is 17.2 Å². The fourth-order valence-corrected chi connectivity index (χ4v) is 1.65. The number of carbonyl (C=O) groups excluding carboxylic acids is 1. The normalized spacial score (nSPS) is 11.8. The van der Waals surface area contributed by atoms with Gasteiger partial charge in [-0.2, -0.15) is 0 Å². The van der Waals surface area contributed by atoms with Gasteiger partial charge in [0, 0.05) is 19.0 Å². The zero-order valence-electron chi connectivity index (χ0n) is 11.1. The van der Waals surface area contributed by atoms with Crippen molar-refractivity contribution in [2.24, 2.45) is 0 Å². The average molecular weight is 269 g/mol. The third-order valence-electron chi connectivity index (χ3n) is 1.91. The Balaban J connectivity index is 2.43. The summed E-state index contributed by atoms with van der Waals surface area (Å²) in [5, 5.41) is 2.40. The van der Waals surface area contributed by atoms with E-state index in [0.29, 0.717) is 11.7 Å². The molecule has 0 unspecified atom stereocenters. The van der Waals surface area contributed by atoms with Gasteiger partial charge in [-0.1, -0.05) is 6.08 Å². The van der Waals surface area contributed by atoms with Crippen LogP contribution in [-0.4, -0.2) is 35.2 Å². The van der Waals surface area contributed by atoms with Crippen molar-refractivity contribution in [2.75, 3.05) is 19.3 Å². The van der Waals surface area contributed by atoms with E-state index in [1.54, 1.807) is 7.05 Å². The van der Waals surface area contributed by atoms with Crippen LogP contribution in [0.25, 0.3) is 6.08 Å². The maximum Gasteiger partial charge on any atom is 0.410 e. The summed E-state index contributed by atoms with van der Waals surface area (Å²) in [6.07, 6.45) is 3.33. The summed E-state index contributed by atoms with van der Waals surface area (Å²) in [4.78, 5) is 17.2. The van der Waals surface area contributed by atoms with Crippen molar-refractivity contribution in [1.29, 1.82) is 0 Å². The Morgan fingerprint density at radius 1 is 1.61 bits per heavy atom. The molecule has 0 saturated carbocycles. The van der Waals surface area contributed by atoms with Crippen molar-refractivity contribution in [1.82, 2.24) is 9.88 Å². The highest BCUT2D eigenvalue weighted by atomic mass is 32.1. The molecule has 1 aromatic heterocycles. The molecule has 1 aromatic rings. The lowest BCUT2D eigenvalue weighted by Gasteiger charge is -2.23. The van der Waals surface area contributed by atoms with Crippen LogP contribution in [0.4, 0.5) is 9.93 Å². The first-order valence-corrected chi connectivity index (χ1v) is 6.47. The van der Waals surface area contributed by atoms with Crippen LogP contribution in [-0.2, 0) is 4.74 Å². The van der Waals surface area contributed by atoms with Crippen molar-refractivity contribution in [3.63, 3.8) is 0 Å². The van der Waals surface area contributed by atoms with Crippen molar-refractivity contribution >= 4 is 28.6 Å². The van der Waals surface area contributed by atoms with E-state index in [1.165, 1.54) is 16.2 Å². The number of likely N-dealkylation sites (N-methyl/N-ethyl adjacent to an activating group) is 1. The molecule has 0 saturated heterocycles. The molecular formula is C12H19N3O2S. The highest BCUT2D eigenvalue weighted by Crippen LogP contribution is 2.12. The molecule has 0 aliphatic rings. The van der Waals surface area contributed by atoms with Gasteiger partial charge < -0.3 is 15.4 Å². The van der Waals surface area contributed by atoms with Crippen LogP contribution in [0.3, 0.4) is 0 Å². The quantitative estimate of drug-likeness (QED) is 0.915. The van der Waals surface area contributed by atoms with Crippen LogP contribution in [0.5, 0.6) is 0 Å². The van der Waals surface area contributed by atoms with Crippen LogP contribution in [0, 0.1) is 0 Å². The molecule has 0 fully saturated rings. The van der Waals surface area contributed by atoms with Gasteiger partial charge in [0.1, 0.15) is 5.60 Å². The maximum atomic E-state index is 11.6. The summed E-state index contributed by atoms with van der Waals surface area (Å²) in [6.45, 7) is 5.98. The number of hydrogen-bond acceptors (Lipinski definition) is 5. The predicted octanol–water partition coefficient (Wildman–Crippen LogP) is 2.61. The second-order valence-corrected chi connectivity index (χ2v) is 5.76. The standard InChI is InChI=1S/C12H19N3O2S/c1-12(2,3)17-11(16)15(4)7-5-6-9-8-18-10(13)14-9/h5-6,8H,7H2,1-4H3,(H2,13,14)/b6-5+. The van der Waals surface area contributed by atoms with Gasteiger partial charge in [0.25, 0.3) is 0 Å². The number of rotatable bonds is 3. The zero-order valence-corrected chi connectivity index (χ0v) is 12.0. The molecule has 5 nitrogen and oxygen atoms in total. The lowest BCUT2D eigenvalue weighted by Crippen LogP contribution is -2.34. The van der Waals surface area contributed by atoms with Crippen LogP contribution in [0.2, 0.25) is 0 Å². The van der Waals surface area contributed by atoms with Crippen LogP contribution >= 0.6 is 11.3 Å². The topological polar surface area (TPSA) is 68.5 Å². The predicted molar refractivity (Wildman–Crippen MR) is 74.4 cm³/mol. The Kier molecular flexibility index (Phi) is 4.72. The number of nitrogen functional groups attached to an aromatic ring is 1. The Labute approximate surface area is 111 Å². The fraction of sp³-hybridized carbons (Fsp3) is 0.500. The summed E-state index contributed by atoms with van der Waals surface area (Å²) in [5.41, 5.74) is 5.84. The minimum atomic E-state index is -0.474. The van der Waals surface area contributed by atoms with Crippen LogP contribution < -0.4 is 5.73 Å². The minimum Gasteiger partial charge on any atom is -0.444 e. The van der Waals surface area contributed by atoms with Gasteiger partial charge in [-0.05, 0) is 26.8 Å². The molecule has 2 N–H and O–H groups in total. The molecule has 18 heavy (non-hydrogen) atoms. The minimum absolute atomic E-state index is 0.343. The van der Waals surface area contributed by atoms with Crippen molar-refractivity contribution in [3.8, 4) is 0 Å². The Morgan fingerprint density at radius 3 is 2.78 bits per heavy atom. The molecule has 0 aliphatic heterocycles. The Hall–Kier alpha value is -1.56. The van der Waals surface area contributed by atoms with E-state index < -0.39 is 5.60 Å². The first-order chi connectivity index (χ1) is 8.28. The average Bonchev–Trinajstić information content (AvgIpc) is 2.61. The number of carbonyl (C=O) groups is 1. The van der Waals surface area contributed by atoms with Gasteiger partial charge in [-0.15, -0.1) is 11.3 Å². The van der Waals surface area contributed by atoms with Gasteiger partial charge in [-0.25, -0.2) is 9.78 Å². The van der Waals surface area contributed by atoms with E-state index in [9.17, 15) is 4.79 Å². The van der Waals surface area contributed by atoms with Gasteiger partial charge in [0.05, 0.1) is 5.69 Å². The van der Waals surface area contributed by atoms with Crippen molar-refractivity contribution in [2.45, 2.75) is 26.4 Å². The molecule has 1 heterocycles. The first kappa shape index (κ1) is 14.5. The zero-order chi connectivity index (χ0) is 13.8. The van der Waals surface area contributed by atoms with E-state index >= 15 is 0 Å². The number of nitrogens with zero attached hydrogens (tertiary/aromatic N) is 2. The molecule has 0 spiro atoms. The Morgan fingerprint density at radius 2 is 2.28 bits per heavy atom. The molecular weight excluding hydrogens is 250 g/mol. The number of anilines is 1. The Bertz CT molecular complexity index is 435. The third kappa shape index (κ3) is 5.18. The highest BCUT2D eigenvalue weighted by molar-refractivity contribution is 7.13. The summed E-state index contributed by atoms with van der Waals surface area (Å²) in [5.74, 6) is 0. The molecule has 0 bridgehead atoms. The first-order valence-electron chi connectivity index (χ1n) is 5.59. The van der Waals surface area contributed by atoms with Gasteiger partial charge in [-0.3, -0.25) is 0 Å². The molecule has 1 rings (SSSR count). The molecule has 0 aromatic carbocycles. The number of thiazole rings is 1. The molecule has 6 heteroatoms. The number of ether oxygens (including phenoxy) is 1. The summed E-state index contributed by atoms with van der Waals surface area (Å²) >= 11 is 1.39. The maximum absolute atomic E-state index is 11.6. The summed E-state index contributed by atoms with van der Waals surface area (Å²) in [6, 6.07) is 0. The second kappa shape index (κ2) is 5.86. The van der Waals surface area contributed by atoms with E-state index in [1.807, 2.05) is 38.3 Å². The fourth-order valence-electron chi connectivity index (χ4n) is 1.12. The van der Waals surface area contributed by atoms with Gasteiger partial charge >= 0.3 is 6.09 Å². The molecule has 0 aliphatic carbocycles. The van der Waals surface area contributed by atoms with Gasteiger partial charge in [0.2, 0.25) is 0 Å². The molecule has 0 atom stereocenters. The number of hydrogen-bond donors (Lipinski definition) is 1. The largest absolute Gasteiger partial charge is 0.444 e.